The minimum Gasteiger partial charge on any atom is -0.309 e. The van der Waals surface area contributed by atoms with Gasteiger partial charge in [0.1, 0.15) is 0 Å². The smallest absolute Gasteiger partial charge is 0.0713 e. The van der Waals surface area contributed by atoms with E-state index in [0.717, 1.165) is 5.69 Å². The summed E-state index contributed by atoms with van der Waals surface area (Å²) in [4.78, 5) is 0. The van der Waals surface area contributed by atoms with Crippen LogP contribution < -0.4 is 0 Å². The predicted molar refractivity (Wildman–Crippen MR) is 273 cm³/mol. The van der Waals surface area contributed by atoms with Crippen LogP contribution in [0.2, 0.25) is 0 Å². The lowest BCUT2D eigenvalue weighted by Crippen LogP contribution is -2.28. The van der Waals surface area contributed by atoms with E-state index in [9.17, 15) is 0 Å². The molecule has 302 valence electrons. The first kappa shape index (κ1) is 36.1. The van der Waals surface area contributed by atoms with Gasteiger partial charge in [-0.15, -0.1) is 0 Å². The maximum atomic E-state index is 2.50. The number of fused-ring (bicyclic) bond motifs is 12. The minimum atomic E-state index is -0.498. The zero-order valence-corrected chi connectivity index (χ0v) is 35.5. The molecular weight excluding hydrogens is 785 g/mol. The number of benzene rings is 11. The van der Waals surface area contributed by atoms with E-state index in [4.69, 9.17) is 0 Å². The van der Waals surface area contributed by atoms with Crippen molar-refractivity contribution in [2.75, 3.05) is 0 Å². The fraction of sp³-hybridized carbons (Fsp3) is 0.0159. The van der Waals surface area contributed by atoms with Crippen molar-refractivity contribution in [2.24, 2.45) is 0 Å². The standard InChI is InChI=1S/C63H40N2/c1-3-19-47(20-4-1)63(48-21-5-2-6-22-48)55-25-13-11-24-52(55)61-56(63)33-36-60-62(61)54-40-46(30-35-59(54)65(60)50-32-28-42-16-8-10-18-44(42)38-50)45-29-34-58-53(39-45)51-23-12-14-26-57(51)64(58)49-31-27-41-15-7-9-17-43(41)37-49/h1-40H. The van der Waals surface area contributed by atoms with Gasteiger partial charge in [0, 0.05) is 32.9 Å². The van der Waals surface area contributed by atoms with Crippen molar-refractivity contribution in [1.82, 2.24) is 9.13 Å². The average Bonchev–Trinajstić information content (AvgIpc) is 4.00. The monoisotopic (exact) mass is 824 g/mol. The van der Waals surface area contributed by atoms with Gasteiger partial charge >= 0.3 is 0 Å². The van der Waals surface area contributed by atoms with Crippen molar-refractivity contribution in [1.29, 1.82) is 0 Å². The lowest BCUT2D eigenvalue weighted by molar-refractivity contribution is 0.769. The Labute approximate surface area is 376 Å². The maximum Gasteiger partial charge on any atom is 0.0713 e. The van der Waals surface area contributed by atoms with E-state index in [1.165, 1.54) is 115 Å². The first-order valence-electron chi connectivity index (χ1n) is 22.6. The summed E-state index contributed by atoms with van der Waals surface area (Å²) in [5.41, 5.74) is 16.8. The van der Waals surface area contributed by atoms with Crippen molar-refractivity contribution in [2.45, 2.75) is 5.41 Å². The molecule has 1 aliphatic rings. The number of nitrogens with zero attached hydrogens (tertiary/aromatic N) is 2. The zero-order valence-electron chi connectivity index (χ0n) is 35.5. The molecule has 2 aromatic heterocycles. The molecule has 2 nitrogen and oxygen atoms in total. The zero-order chi connectivity index (χ0) is 42.6. The van der Waals surface area contributed by atoms with E-state index in [1.807, 2.05) is 0 Å². The quantitative estimate of drug-likeness (QED) is 0.164. The Morgan fingerprint density at radius 2 is 0.785 bits per heavy atom. The number of aromatic nitrogens is 2. The average molecular weight is 825 g/mol. The molecule has 0 N–H and O–H groups in total. The highest BCUT2D eigenvalue weighted by atomic mass is 15.0. The first-order valence-corrected chi connectivity index (χ1v) is 22.6. The van der Waals surface area contributed by atoms with Crippen molar-refractivity contribution in [3.63, 3.8) is 0 Å². The van der Waals surface area contributed by atoms with Crippen LogP contribution in [0.25, 0.3) is 98.8 Å². The summed E-state index contributed by atoms with van der Waals surface area (Å²) in [6, 6.07) is 90.2. The highest BCUT2D eigenvalue weighted by molar-refractivity contribution is 6.19. The van der Waals surface area contributed by atoms with Crippen LogP contribution in [0.5, 0.6) is 0 Å². The van der Waals surface area contributed by atoms with Gasteiger partial charge < -0.3 is 9.13 Å². The molecular formula is C63H40N2. The molecule has 13 aromatic rings. The third-order valence-corrected chi connectivity index (χ3v) is 14.3. The molecule has 0 atom stereocenters. The molecule has 2 heterocycles. The lowest BCUT2D eigenvalue weighted by atomic mass is 9.67. The Morgan fingerprint density at radius 3 is 1.45 bits per heavy atom. The molecule has 0 spiro atoms. The van der Waals surface area contributed by atoms with Gasteiger partial charge in [0.25, 0.3) is 0 Å². The van der Waals surface area contributed by atoms with Gasteiger partial charge in [0.05, 0.1) is 27.5 Å². The summed E-state index contributed by atoms with van der Waals surface area (Å²) in [6.45, 7) is 0. The van der Waals surface area contributed by atoms with Gasteiger partial charge in [-0.2, -0.15) is 0 Å². The van der Waals surface area contributed by atoms with E-state index >= 15 is 0 Å². The van der Waals surface area contributed by atoms with E-state index in [-0.39, 0.29) is 0 Å². The van der Waals surface area contributed by atoms with Crippen LogP contribution >= 0.6 is 0 Å². The van der Waals surface area contributed by atoms with E-state index in [1.54, 1.807) is 0 Å². The molecule has 65 heavy (non-hydrogen) atoms. The van der Waals surface area contributed by atoms with Gasteiger partial charge in [0.2, 0.25) is 0 Å². The second kappa shape index (κ2) is 13.8. The van der Waals surface area contributed by atoms with Crippen molar-refractivity contribution >= 4 is 65.2 Å². The van der Waals surface area contributed by atoms with Gasteiger partial charge in [-0.05, 0) is 127 Å². The van der Waals surface area contributed by atoms with Crippen LogP contribution in [0, 0.1) is 0 Å². The Hall–Kier alpha value is -8.46. The third-order valence-electron chi connectivity index (χ3n) is 14.3. The normalized spacial score (nSPS) is 13.0. The Morgan fingerprint density at radius 1 is 0.292 bits per heavy atom. The highest BCUT2D eigenvalue weighted by Gasteiger charge is 2.47. The second-order valence-corrected chi connectivity index (χ2v) is 17.6. The number of para-hydroxylation sites is 1. The molecule has 0 aliphatic heterocycles. The number of rotatable bonds is 5. The molecule has 0 saturated carbocycles. The summed E-state index contributed by atoms with van der Waals surface area (Å²) in [7, 11) is 0. The van der Waals surface area contributed by atoms with E-state index in [2.05, 4.69) is 252 Å². The molecule has 0 bridgehead atoms. The molecule has 0 saturated heterocycles. The van der Waals surface area contributed by atoms with Crippen LogP contribution in [0.15, 0.2) is 243 Å². The molecule has 0 fully saturated rings. The Kier molecular flexibility index (Phi) is 7.64. The lowest BCUT2D eigenvalue weighted by Gasteiger charge is -2.33. The highest BCUT2D eigenvalue weighted by Crippen LogP contribution is 2.59. The van der Waals surface area contributed by atoms with Crippen LogP contribution in [0.3, 0.4) is 0 Å². The number of hydrogen-bond acceptors (Lipinski definition) is 0. The molecule has 11 aromatic carbocycles. The van der Waals surface area contributed by atoms with Gasteiger partial charge in [0.15, 0.2) is 0 Å². The molecule has 2 heteroatoms. The second-order valence-electron chi connectivity index (χ2n) is 17.6. The minimum absolute atomic E-state index is 0.498. The summed E-state index contributed by atoms with van der Waals surface area (Å²) in [5, 5.41) is 9.97. The van der Waals surface area contributed by atoms with Gasteiger partial charge in [-0.25, -0.2) is 0 Å². The fourth-order valence-corrected chi connectivity index (χ4v) is 11.6. The molecule has 0 amide bonds. The van der Waals surface area contributed by atoms with E-state index < -0.39 is 5.41 Å². The summed E-state index contributed by atoms with van der Waals surface area (Å²) >= 11 is 0. The van der Waals surface area contributed by atoms with Crippen molar-refractivity contribution in [3.8, 4) is 33.6 Å². The van der Waals surface area contributed by atoms with Crippen LogP contribution in [-0.4, -0.2) is 9.13 Å². The van der Waals surface area contributed by atoms with Gasteiger partial charge in [-0.1, -0.05) is 182 Å². The summed E-state index contributed by atoms with van der Waals surface area (Å²) < 4.78 is 4.92. The first-order chi connectivity index (χ1) is 32.2. The topological polar surface area (TPSA) is 9.86 Å². The molecule has 1 aliphatic carbocycles. The molecule has 14 rings (SSSR count). The largest absolute Gasteiger partial charge is 0.309 e. The third kappa shape index (κ3) is 5.11. The van der Waals surface area contributed by atoms with Crippen LogP contribution in [0.4, 0.5) is 0 Å². The molecule has 0 unspecified atom stereocenters. The predicted octanol–water partition coefficient (Wildman–Crippen LogP) is 16.2. The Bertz CT molecular complexity index is 4020. The Balaban J connectivity index is 1.06. The van der Waals surface area contributed by atoms with E-state index in [0.29, 0.717) is 0 Å². The summed E-state index contributed by atoms with van der Waals surface area (Å²) in [5.74, 6) is 0. The van der Waals surface area contributed by atoms with Crippen molar-refractivity contribution < 1.29 is 0 Å². The maximum absolute atomic E-state index is 2.50. The van der Waals surface area contributed by atoms with Crippen molar-refractivity contribution in [3.05, 3.63) is 265 Å². The SMILES string of the molecule is c1ccc(C2(c3ccccc3)c3ccccc3-c3c2ccc2c3c3cc(-c4ccc5c(c4)c4ccccc4n5-c4ccc5ccccc5c4)ccc3n2-c2ccc3ccccc3c2)cc1. The fourth-order valence-electron chi connectivity index (χ4n) is 11.6. The number of hydrogen-bond donors (Lipinski definition) is 0. The molecule has 0 radical (unpaired) electrons. The summed E-state index contributed by atoms with van der Waals surface area (Å²) in [6.07, 6.45) is 0. The van der Waals surface area contributed by atoms with Crippen LogP contribution in [0.1, 0.15) is 22.3 Å². The van der Waals surface area contributed by atoms with Crippen LogP contribution in [-0.2, 0) is 5.41 Å². The van der Waals surface area contributed by atoms with Gasteiger partial charge in [-0.3, -0.25) is 0 Å².